The molecular formula is C22H18N2O2S. The van der Waals surface area contributed by atoms with Crippen LogP contribution in [0.3, 0.4) is 0 Å². The molecule has 0 N–H and O–H groups in total. The third kappa shape index (κ3) is 3.14. The predicted octanol–water partition coefficient (Wildman–Crippen LogP) is 3.97. The third-order valence-corrected chi connectivity index (χ3v) is 6.84. The number of sulfonamides is 1. The van der Waals surface area contributed by atoms with Gasteiger partial charge in [0.25, 0.3) is 0 Å². The first-order chi connectivity index (χ1) is 13.1. The van der Waals surface area contributed by atoms with Crippen LogP contribution < -0.4 is 0 Å². The topological polar surface area (TPSA) is 61.2 Å². The van der Waals surface area contributed by atoms with Crippen LogP contribution in [0.5, 0.6) is 0 Å². The molecule has 134 valence electrons. The highest BCUT2D eigenvalue weighted by Gasteiger charge is 2.30. The molecule has 27 heavy (non-hydrogen) atoms. The Balaban J connectivity index is 1.71. The minimum atomic E-state index is -3.71. The molecule has 0 aromatic heterocycles. The van der Waals surface area contributed by atoms with E-state index in [0.717, 1.165) is 16.7 Å². The molecule has 3 aromatic rings. The monoisotopic (exact) mass is 374 g/mol. The SMILES string of the molecule is N#Cc1ccccc1S(=O)(=O)N1CCc2c(cccc2-c2ccccc2)C1. The van der Waals surface area contributed by atoms with Crippen LogP contribution in [0.2, 0.25) is 0 Å². The van der Waals surface area contributed by atoms with Crippen LogP contribution in [0.25, 0.3) is 11.1 Å². The van der Waals surface area contributed by atoms with E-state index in [1.54, 1.807) is 12.1 Å². The molecule has 0 aliphatic carbocycles. The van der Waals surface area contributed by atoms with Gasteiger partial charge in [-0.25, -0.2) is 8.42 Å². The van der Waals surface area contributed by atoms with Gasteiger partial charge in [-0.2, -0.15) is 9.57 Å². The van der Waals surface area contributed by atoms with Gasteiger partial charge in [0.05, 0.1) is 10.5 Å². The summed E-state index contributed by atoms with van der Waals surface area (Å²) in [7, 11) is -3.71. The van der Waals surface area contributed by atoms with Crippen LogP contribution in [0, 0.1) is 11.3 Å². The molecule has 0 atom stereocenters. The number of benzene rings is 3. The number of hydrogen-bond donors (Lipinski definition) is 0. The lowest BCUT2D eigenvalue weighted by Gasteiger charge is -2.29. The van der Waals surface area contributed by atoms with Gasteiger partial charge in [0.15, 0.2) is 0 Å². The van der Waals surface area contributed by atoms with Crippen molar-refractivity contribution in [1.82, 2.24) is 4.31 Å². The Kier molecular flexibility index (Phi) is 4.53. The minimum absolute atomic E-state index is 0.0789. The molecule has 3 aromatic carbocycles. The summed E-state index contributed by atoms with van der Waals surface area (Å²) in [5.74, 6) is 0. The molecule has 1 heterocycles. The minimum Gasteiger partial charge on any atom is -0.207 e. The normalized spacial score (nSPS) is 14.3. The van der Waals surface area contributed by atoms with Gasteiger partial charge in [-0.15, -0.1) is 0 Å². The summed E-state index contributed by atoms with van der Waals surface area (Å²) in [6.07, 6.45) is 0.647. The molecule has 0 saturated carbocycles. The van der Waals surface area contributed by atoms with E-state index in [9.17, 15) is 13.7 Å². The maximum absolute atomic E-state index is 13.1. The summed E-state index contributed by atoms with van der Waals surface area (Å²) >= 11 is 0. The second kappa shape index (κ2) is 6.99. The van der Waals surface area contributed by atoms with Gasteiger partial charge in [-0.3, -0.25) is 0 Å². The van der Waals surface area contributed by atoms with Crippen LogP contribution in [-0.2, 0) is 23.0 Å². The molecule has 0 unspecified atom stereocenters. The molecule has 1 aliphatic rings. The third-order valence-electron chi connectivity index (χ3n) is 4.94. The molecule has 0 fully saturated rings. The Labute approximate surface area is 159 Å². The number of fused-ring (bicyclic) bond motifs is 1. The lowest BCUT2D eigenvalue weighted by atomic mass is 9.91. The highest BCUT2D eigenvalue weighted by atomic mass is 32.2. The number of hydrogen-bond acceptors (Lipinski definition) is 3. The number of nitrogens with zero attached hydrogens (tertiary/aromatic N) is 2. The smallest absolute Gasteiger partial charge is 0.207 e. The summed E-state index contributed by atoms with van der Waals surface area (Å²) in [6.45, 7) is 0.719. The summed E-state index contributed by atoms with van der Waals surface area (Å²) in [5, 5.41) is 9.27. The van der Waals surface area contributed by atoms with Crippen molar-refractivity contribution in [3.63, 3.8) is 0 Å². The average molecular weight is 374 g/mol. The van der Waals surface area contributed by atoms with Gasteiger partial charge in [-0.05, 0) is 40.8 Å². The molecule has 4 nitrogen and oxygen atoms in total. The van der Waals surface area contributed by atoms with Gasteiger partial charge in [0.1, 0.15) is 6.07 Å². The first-order valence-electron chi connectivity index (χ1n) is 8.77. The van der Waals surface area contributed by atoms with Crippen LogP contribution >= 0.6 is 0 Å². The fraction of sp³-hybridized carbons (Fsp3) is 0.136. The Morgan fingerprint density at radius 2 is 1.63 bits per heavy atom. The van der Waals surface area contributed by atoms with Gasteiger partial charge in [-0.1, -0.05) is 60.7 Å². The van der Waals surface area contributed by atoms with E-state index in [4.69, 9.17) is 0 Å². The number of rotatable bonds is 3. The zero-order valence-electron chi connectivity index (χ0n) is 14.7. The predicted molar refractivity (Wildman–Crippen MR) is 104 cm³/mol. The van der Waals surface area contributed by atoms with Crippen molar-refractivity contribution in [3.05, 3.63) is 89.5 Å². The summed E-state index contributed by atoms with van der Waals surface area (Å²) in [6, 6.07) is 24.5. The molecular weight excluding hydrogens is 356 g/mol. The first-order valence-corrected chi connectivity index (χ1v) is 10.2. The van der Waals surface area contributed by atoms with Crippen molar-refractivity contribution < 1.29 is 8.42 Å². The molecule has 4 rings (SSSR count). The zero-order valence-corrected chi connectivity index (χ0v) is 15.5. The van der Waals surface area contributed by atoms with E-state index >= 15 is 0 Å². The Morgan fingerprint density at radius 1 is 0.889 bits per heavy atom. The van der Waals surface area contributed by atoms with E-state index < -0.39 is 10.0 Å². The zero-order chi connectivity index (χ0) is 18.9. The highest BCUT2D eigenvalue weighted by Crippen LogP contribution is 2.32. The van der Waals surface area contributed by atoms with Crippen molar-refractivity contribution >= 4 is 10.0 Å². The van der Waals surface area contributed by atoms with Crippen LogP contribution in [0.15, 0.2) is 77.7 Å². The van der Waals surface area contributed by atoms with E-state index in [1.807, 2.05) is 36.4 Å². The van der Waals surface area contributed by atoms with E-state index in [1.165, 1.54) is 22.0 Å². The van der Waals surface area contributed by atoms with Crippen molar-refractivity contribution in [2.75, 3.05) is 6.54 Å². The molecule has 0 amide bonds. The lowest BCUT2D eigenvalue weighted by Crippen LogP contribution is -2.36. The summed E-state index contributed by atoms with van der Waals surface area (Å²) in [4.78, 5) is 0.0789. The molecule has 0 radical (unpaired) electrons. The molecule has 1 aliphatic heterocycles. The fourth-order valence-electron chi connectivity index (χ4n) is 3.60. The van der Waals surface area contributed by atoms with E-state index in [0.29, 0.717) is 19.5 Å². The average Bonchev–Trinajstić information content (AvgIpc) is 2.73. The Bertz CT molecular complexity index is 1130. The number of nitriles is 1. The maximum atomic E-state index is 13.1. The molecule has 5 heteroatoms. The Hall–Kier alpha value is -2.94. The van der Waals surface area contributed by atoms with Crippen molar-refractivity contribution in [1.29, 1.82) is 5.26 Å². The van der Waals surface area contributed by atoms with Crippen LogP contribution in [0.4, 0.5) is 0 Å². The van der Waals surface area contributed by atoms with E-state index in [-0.39, 0.29) is 10.5 Å². The molecule has 0 saturated heterocycles. The van der Waals surface area contributed by atoms with Gasteiger partial charge < -0.3 is 0 Å². The van der Waals surface area contributed by atoms with Crippen molar-refractivity contribution in [2.45, 2.75) is 17.9 Å². The maximum Gasteiger partial charge on any atom is 0.244 e. The quantitative estimate of drug-likeness (QED) is 0.697. The van der Waals surface area contributed by atoms with Crippen LogP contribution in [-0.4, -0.2) is 19.3 Å². The van der Waals surface area contributed by atoms with Crippen molar-refractivity contribution in [2.24, 2.45) is 0 Å². The van der Waals surface area contributed by atoms with Crippen LogP contribution in [0.1, 0.15) is 16.7 Å². The van der Waals surface area contributed by atoms with Gasteiger partial charge in [0.2, 0.25) is 10.0 Å². The first kappa shape index (κ1) is 17.5. The Morgan fingerprint density at radius 3 is 2.41 bits per heavy atom. The molecule has 0 bridgehead atoms. The second-order valence-corrected chi connectivity index (χ2v) is 8.41. The highest BCUT2D eigenvalue weighted by molar-refractivity contribution is 7.89. The lowest BCUT2D eigenvalue weighted by molar-refractivity contribution is 0.391. The largest absolute Gasteiger partial charge is 0.244 e. The fourth-order valence-corrected chi connectivity index (χ4v) is 5.16. The van der Waals surface area contributed by atoms with Gasteiger partial charge >= 0.3 is 0 Å². The molecule has 0 spiro atoms. The second-order valence-electron chi connectivity index (χ2n) is 6.51. The van der Waals surface area contributed by atoms with Crippen molar-refractivity contribution in [3.8, 4) is 17.2 Å². The summed E-state index contributed by atoms with van der Waals surface area (Å²) < 4.78 is 27.7. The summed E-state index contributed by atoms with van der Waals surface area (Å²) in [5.41, 5.74) is 4.69. The van der Waals surface area contributed by atoms with Gasteiger partial charge in [0, 0.05) is 13.1 Å². The van der Waals surface area contributed by atoms with E-state index in [2.05, 4.69) is 18.2 Å². The standard InChI is InChI=1S/C22H18N2O2S/c23-15-18-9-4-5-12-22(18)27(25,26)24-14-13-21-19(16-24)10-6-11-20(21)17-7-2-1-3-8-17/h1-12H,13-14,16H2.